The van der Waals surface area contributed by atoms with Crippen LogP contribution in [0.4, 0.5) is 0 Å². The van der Waals surface area contributed by atoms with Crippen LogP contribution < -0.4 is 5.32 Å². The molecule has 3 nitrogen and oxygen atoms in total. The number of alkyl halides is 1. The molecule has 0 heterocycles. The van der Waals surface area contributed by atoms with Crippen LogP contribution >= 0.6 is 15.9 Å². The maximum absolute atomic E-state index is 11.8. The summed E-state index contributed by atoms with van der Waals surface area (Å²) < 4.78 is 0. The molecule has 2 atom stereocenters. The lowest BCUT2D eigenvalue weighted by molar-refractivity contribution is -0.120. The van der Waals surface area contributed by atoms with Gasteiger partial charge in [-0.2, -0.15) is 0 Å². The van der Waals surface area contributed by atoms with Gasteiger partial charge in [0.15, 0.2) is 0 Å². The SMILES string of the molecule is O=C(Cc1cccc(O)c1)NCC1CCC(Br)C1. The van der Waals surface area contributed by atoms with Crippen LogP contribution in [0.5, 0.6) is 5.75 Å². The summed E-state index contributed by atoms with van der Waals surface area (Å²) in [7, 11) is 0. The van der Waals surface area contributed by atoms with Crippen LogP contribution in [0.25, 0.3) is 0 Å². The van der Waals surface area contributed by atoms with Gasteiger partial charge in [-0.1, -0.05) is 28.1 Å². The minimum absolute atomic E-state index is 0.0265. The van der Waals surface area contributed by atoms with Gasteiger partial charge in [-0.25, -0.2) is 0 Å². The number of phenolic OH excluding ortho intramolecular Hbond substituents is 1. The number of nitrogens with one attached hydrogen (secondary N) is 1. The fourth-order valence-electron chi connectivity index (χ4n) is 2.37. The summed E-state index contributed by atoms with van der Waals surface area (Å²) in [5.41, 5.74) is 0.845. The Morgan fingerprint density at radius 2 is 2.28 bits per heavy atom. The number of carbonyl (C=O) groups is 1. The lowest BCUT2D eigenvalue weighted by Crippen LogP contribution is -2.29. The van der Waals surface area contributed by atoms with Crippen molar-refractivity contribution in [3.63, 3.8) is 0 Å². The molecule has 0 aromatic heterocycles. The van der Waals surface area contributed by atoms with E-state index >= 15 is 0 Å². The van der Waals surface area contributed by atoms with E-state index < -0.39 is 0 Å². The Morgan fingerprint density at radius 1 is 1.44 bits per heavy atom. The number of carbonyl (C=O) groups excluding carboxylic acids is 1. The lowest BCUT2D eigenvalue weighted by Gasteiger charge is -2.11. The molecule has 2 unspecified atom stereocenters. The first-order valence-electron chi connectivity index (χ1n) is 6.32. The van der Waals surface area contributed by atoms with Gasteiger partial charge in [-0.15, -0.1) is 0 Å². The Kier molecular flexibility index (Phi) is 4.64. The van der Waals surface area contributed by atoms with Gasteiger partial charge in [0.1, 0.15) is 5.75 Å². The maximum atomic E-state index is 11.8. The number of hydrogen-bond donors (Lipinski definition) is 2. The number of hydrogen-bond acceptors (Lipinski definition) is 2. The highest BCUT2D eigenvalue weighted by Gasteiger charge is 2.22. The lowest BCUT2D eigenvalue weighted by atomic mass is 10.1. The first-order chi connectivity index (χ1) is 8.63. The van der Waals surface area contributed by atoms with Crippen molar-refractivity contribution in [3.05, 3.63) is 29.8 Å². The van der Waals surface area contributed by atoms with Crippen molar-refractivity contribution in [3.8, 4) is 5.75 Å². The van der Waals surface area contributed by atoms with Gasteiger partial charge in [0.25, 0.3) is 0 Å². The van der Waals surface area contributed by atoms with Crippen LogP contribution in [0.1, 0.15) is 24.8 Å². The molecule has 1 aromatic carbocycles. The number of benzene rings is 1. The second-order valence-corrected chi connectivity index (χ2v) is 6.22. The second-order valence-electron chi connectivity index (χ2n) is 4.93. The van der Waals surface area contributed by atoms with Crippen LogP contribution in [0.2, 0.25) is 0 Å². The summed E-state index contributed by atoms with van der Waals surface area (Å²) in [6, 6.07) is 6.84. The van der Waals surface area contributed by atoms with E-state index in [1.165, 1.54) is 12.8 Å². The molecule has 0 bridgehead atoms. The second kappa shape index (κ2) is 6.23. The Labute approximate surface area is 116 Å². The average molecular weight is 312 g/mol. The molecule has 0 aliphatic heterocycles. The third kappa shape index (κ3) is 4.02. The van der Waals surface area contributed by atoms with Gasteiger partial charge < -0.3 is 10.4 Å². The molecule has 2 rings (SSSR count). The fourth-order valence-corrected chi connectivity index (χ4v) is 3.16. The number of amides is 1. The fraction of sp³-hybridized carbons (Fsp3) is 0.500. The van der Waals surface area contributed by atoms with Gasteiger partial charge in [0.05, 0.1) is 6.42 Å². The largest absolute Gasteiger partial charge is 0.508 e. The summed E-state index contributed by atoms with van der Waals surface area (Å²) in [5, 5.41) is 12.3. The Balaban J connectivity index is 1.75. The molecule has 1 aliphatic rings. The minimum Gasteiger partial charge on any atom is -0.508 e. The van der Waals surface area contributed by atoms with Crippen LogP contribution in [0.15, 0.2) is 24.3 Å². The van der Waals surface area contributed by atoms with Crippen LogP contribution in [-0.4, -0.2) is 22.4 Å². The first kappa shape index (κ1) is 13.4. The molecule has 1 saturated carbocycles. The van der Waals surface area contributed by atoms with E-state index in [4.69, 9.17) is 0 Å². The molecule has 1 amide bonds. The predicted octanol–water partition coefficient (Wildman–Crippen LogP) is 2.61. The van der Waals surface area contributed by atoms with Gasteiger partial charge in [-0.3, -0.25) is 4.79 Å². The molecule has 0 radical (unpaired) electrons. The molecular formula is C14H18BrNO2. The highest BCUT2D eigenvalue weighted by atomic mass is 79.9. The van der Waals surface area contributed by atoms with Crippen molar-refractivity contribution in [2.45, 2.75) is 30.5 Å². The zero-order chi connectivity index (χ0) is 13.0. The van der Waals surface area contributed by atoms with Gasteiger partial charge in [0.2, 0.25) is 5.91 Å². The van der Waals surface area contributed by atoms with Crippen molar-refractivity contribution in [1.29, 1.82) is 0 Å². The predicted molar refractivity (Wildman–Crippen MR) is 74.9 cm³/mol. The summed E-state index contributed by atoms with van der Waals surface area (Å²) in [6.07, 6.45) is 3.86. The third-order valence-electron chi connectivity index (χ3n) is 3.34. The van der Waals surface area contributed by atoms with Crippen molar-refractivity contribution in [1.82, 2.24) is 5.32 Å². The first-order valence-corrected chi connectivity index (χ1v) is 7.23. The van der Waals surface area contributed by atoms with Crippen LogP contribution in [0.3, 0.4) is 0 Å². The van der Waals surface area contributed by atoms with Crippen LogP contribution in [0, 0.1) is 5.92 Å². The van der Waals surface area contributed by atoms with Gasteiger partial charge in [0, 0.05) is 11.4 Å². The smallest absolute Gasteiger partial charge is 0.224 e. The molecule has 98 valence electrons. The molecule has 0 saturated heterocycles. The number of rotatable bonds is 4. The maximum Gasteiger partial charge on any atom is 0.224 e. The van der Waals surface area contributed by atoms with Crippen LogP contribution in [-0.2, 0) is 11.2 Å². The number of phenols is 1. The Morgan fingerprint density at radius 3 is 2.94 bits per heavy atom. The number of aromatic hydroxyl groups is 1. The third-order valence-corrected chi connectivity index (χ3v) is 4.17. The van der Waals surface area contributed by atoms with E-state index in [0.29, 0.717) is 17.2 Å². The molecule has 18 heavy (non-hydrogen) atoms. The van der Waals surface area contributed by atoms with Crippen molar-refractivity contribution in [2.24, 2.45) is 5.92 Å². The quantitative estimate of drug-likeness (QED) is 0.840. The average Bonchev–Trinajstić information content (AvgIpc) is 2.73. The van der Waals surface area contributed by atoms with E-state index in [2.05, 4.69) is 21.2 Å². The molecular weight excluding hydrogens is 294 g/mol. The highest BCUT2D eigenvalue weighted by Crippen LogP contribution is 2.29. The molecule has 1 fully saturated rings. The van der Waals surface area contributed by atoms with E-state index in [1.807, 2.05) is 6.07 Å². The van der Waals surface area contributed by atoms with E-state index in [0.717, 1.165) is 18.5 Å². The van der Waals surface area contributed by atoms with Gasteiger partial charge >= 0.3 is 0 Å². The van der Waals surface area contributed by atoms with E-state index in [1.54, 1.807) is 18.2 Å². The van der Waals surface area contributed by atoms with Crippen molar-refractivity contribution >= 4 is 21.8 Å². The normalized spacial score (nSPS) is 22.9. The van der Waals surface area contributed by atoms with E-state index in [-0.39, 0.29) is 11.7 Å². The number of halogens is 1. The van der Waals surface area contributed by atoms with Gasteiger partial charge in [-0.05, 0) is 42.9 Å². The Hall–Kier alpha value is -1.03. The molecule has 1 aliphatic carbocycles. The molecule has 4 heteroatoms. The summed E-state index contributed by atoms with van der Waals surface area (Å²) in [5.74, 6) is 0.833. The highest BCUT2D eigenvalue weighted by molar-refractivity contribution is 9.09. The minimum atomic E-state index is 0.0265. The van der Waals surface area contributed by atoms with E-state index in [9.17, 15) is 9.90 Å². The zero-order valence-corrected chi connectivity index (χ0v) is 11.8. The molecule has 1 aromatic rings. The summed E-state index contributed by atoms with van der Waals surface area (Å²) in [6.45, 7) is 0.764. The Bertz CT molecular complexity index is 422. The summed E-state index contributed by atoms with van der Waals surface area (Å²) >= 11 is 3.61. The zero-order valence-electron chi connectivity index (χ0n) is 10.2. The topological polar surface area (TPSA) is 49.3 Å². The van der Waals surface area contributed by atoms with Crippen molar-refractivity contribution < 1.29 is 9.90 Å². The molecule has 0 spiro atoms. The van der Waals surface area contributed by atoms with Crippen molar-refractivity contribution in [2.75, 3.05) is 6.54 Å². The summed E-state index contributed by atoms with van der Waals surface area (Å²) in [4.78, 5) is 12.4. The standard InChI is InChI=1S/C14H18BrNO2/c15-12-5-4-11(6-12)9-16-14(18)8-10-2-1-3-13(17)7-10/h1-3,7,11-12,17H,4-6,8-9H2,(H,16,18). The monoisotopic (exact) mass is 311 g/mol. The molecule has 2 N–H and O–H groups in total.